The van der Waals surface area contributed by atoms with Crippen molar-refractivity contribution in [3.8, 4) is 11.5 Å². The number of rotatable bonds is 5. The molecule has 1 amide bonds. The third kappa shape index (κ3) is 5.76. The highest BCUT2D eigenvalue weighted by Gasteiger charge is 2.22. The van der Waals surface area contributed by atoms with Crippen molar-refractivity contribution in [3.63, 3.8) is 0 Å². The lowest BCUT2D eigenvalue weighted by Gasteiger charge is -2.21. The Balaban J connectivity index is 1.61. The number of nitrogens with one attached hydrogen (secondary N) is 1. The molecule has 3 rings (SSSR count). The minimum atomic E-state index is -0.355. The zero-order valence-electron chi connectivity index (χ0n) is 18.4. The maximum atomic E-state index is 12.6. The van der Waals surface area contributed by atoms with E-state index in [9.17, 15) is 15.0 Å². The van der Waals surface area contributed by atoms with E-state index in [1.165, 1.54) is 50.4 Å². The van der Waals surface area contributed by atoms with E-state index in [4.69, 9.17) is 0 Å². The van der Waals surface area contributed by atoms with Crippen molar-refractivity contribution in [1.82, 2.24) is 10.2 Å². The summed E-state index contributed by atoms with van der Waals surface area (Å²) in [5.74, 6) is -0.575. The average molecular weight is 411 g/mol. The number of phenolic OH excluding ortho intramolecular Hbond substituents is 2. The molecule has 5 heteroatoms. The number of phenols is 2. The lowest BCUT2D eigenvalue weighted by Crippen LogP contribution is -2.24. The van der Waals surface area contributed by atoms with Gasteiger partial charge in [0, 0.05) is 24.7 Å². The highest BCUT2D eigenvalue weighted by Crippen LogP contribution is 2.35. The smallest absolute Gasteiger partial charge is 0.255 e. The van der Waals surface area contributed by atoms with Gasteiger partial charge < -0.3 is 15.5 Å². The monoisotopic (exact) mass is 410 g/mol. The summed E-state index contributed by atoms with van der Waals surface area (Å²) in [6.07, 6.45) is 5.24. The highest BCUT2D eigenvalue weighted by atomic mass is 16.3. The summed E-state index contributed by atoms with van der Waals surface area (Å²) < 4.78 is 0. The molecule has 162 valence electrons. The molecular weight excluding hydrogens is 376 g/mol. The molecule has 5 nitrogen and oxygen atoms in total. The van der Waals surface area contributed by atoms with E-state index >= 15 is 0 Å². The SMILES string of the molecule is CC(C)(C)c1cc(C(=O)NCc2ccc(CN3CCCCCC3)cc2)c(O)cc1O. The molecule has 3 N–H and O–H groups in total. The number of hydrogen-bond acceptors (Lipinski definition) is 4. The molecule has 0 radical (unpaired) electrons. The number of nitrogens with zero attached hydrogens (tertiary/aromatic N) is 1. The largest absolute Gasteiger partial charge is 0.508 e. The number of aromatic hydroxyl groups is 2. The zero-order valence-corrected chi connectivity index (χ0v) is 18.4. The Hall–Kier alpha value is -2.53. The predicted molar refractivity (Wildman–Crippen MR) is 120 cm³/mol. The van der Waals surface area contributed by atoms with E-state index in [2.05, 4.69) is 22.3 Å². The van der Waals surface area contributed by atoms with Crippen LogP contribution >= 0.6 is 0 Å². The summed E-state index contributed by atoms with van der Waals surface area (Å²) in [5, 5.41) is 23.1. The lowest BCUT2D eigenvalue weighted by atomic mass is 9.85. The van der Waals surface area contributed by atoms with Crippen molar-refractivity contribution in [3.05, 3.63) is 58.7 Å². The molecule has 1 aliphatic rings. The number of benzene rings is 2. The van der Waals surface area contributed by atoms with Crippen LogP contribution in [0.4, 0.5) is 0 Å². The first-order valence-electron chi connectivity index (χ1n) is 10.9. The van der Waals surface area contributed by atoms with Crippen LogP contribution in [-0.4, -0.2) is 34.1 Å². The van der Waals surface area contributed by atoms with Crippen LogP contribution in [0, 0.1) is 0 Å². The quantitative estimate of drug-likeness (QED) is 0.668. The molecule has 30 heavy (non-hydrogen) atoms. The summed E-state index contributed by atoms with van der Waals surface area (Å²) in [6.45, 7) is 9.56. The molecular formula is C25H34N2O3. The van der Waals surface area contributed by atoms with Crippen LogP contribution in [0.3, 0.4) is 0 Å². The first-order chi connectivity index (χ1) is 14.2. The first kappa shape index (κ1) is 22.2. The van der Waals surface area contributed by atoms with Crippen LogP contribution in [0.25, 0.3) is 0 Å². The van der Waals surface area contributed by atoms with Crippen LogP contribution in [0.2, 0.25) is 0 Å². The summed E-state index contributed by atoms with van der Waals surface area (Å²) in [4.78, 5) is 15.2. The Morgan fingerprint density at radius 3 is 2.13 bits per heavy atom. The molecule has 2 aromatic carbocycles. The fourth-order valence-corrected chi connectivity index (χ4v) is 3.95. The van der Waals surface area contributed by atoms with Crippen molar-refractivity contribution in [2.45, 2.75) is 65.0 Å². The number of hydrogen-bond donors (Lipinski definition) is 3. The van der Waals surface area contributed by atoms with Crippen molar-refractivity contribution in [2.24, 2.45) is 0 Å². The topological polar surface area (TPSA) is 72.8 Å². The van der Waals surface area contributed by atoms with Gasteiger partial charge in [-0.1, -0.05) is 57.9 Å². The fraction of sp³-hybridized carbons (Fsp3) is 0.480. The van der Waals surface area contributed by atoms with Gasteiger partial charge in [-0.15, -0.1) is 0 Å². The van der Waals surface area contributed by atoms with Gasteiger partial charge in [-0.05, 0) is 48.5 Å². The molecule has 1 aliphatic heterocycles. The van der Waals surface area contributed by atoms with Crippen LogP contribution < -0.4 is 5.32 Å². The number of carbonyl (C=O) groups excluding carboxylic acids is 1. The zero-order chi connectivity index (χ0) is 21.7. The number of likely N-dealkylation sites (tertiary alicyclic amines) is 1. The van der Waals surface area contributed by atoms with Crippen molar-refractivity contribution < 1.29 is 15.0 Å². The third-order valence-corrected chi connectivity index (χ3v) is 5.75. The standard InChI is InChI=1S/C25H34N2O3/c1-25(2,3)21-14-20(22(28)15-23(21)29)24(30)26-16-18-8-10-19(11-9-18)17-27-12-6-4-5-7-13-27/h8-11,14-15,28-29H,4-7,12-13,16-17H2,1-3H3,(H,26,30). The molecule has 1 saturated heterocycles. The highest BCUT2D eigenvalue weighted by molar-refractivity contribution is 5.97. The first-order valence-corrected chi connectivity index (χ1v) is 10.9. The molecule has 1 heterocycles. The maximum Gasteiger partial charge on any atom is 0.255 e. The van der Waals surface area contributed by atoms with E-state index < -0.39 is 0 Å². The minimum Gasteiger partial charge on any atom is -0.508 e. The Morgan fingerprint density at radius 2 is 1.53 bits per heavy atom. The van der Waals surface area contributed by atoms with Gasteiger partial charge >= 0.3 is 0 Å². The number of carbonyl (C=O) groups is 1. The molecule has 2 aromatic rings. The second kappa shape index (κ2) is 9.52. The number of amides is 1. The molecule has 0 saturated carbocycles. The van der Waals surface area contributed by atoms with Crippen molar-refractivity contribution in [2.75, 3.05) is 13.1 Å². The van der Waals surface area contributed by atoms with Gasteiger partial charge in [0.1, 0.15) is 11.5 Å². The van der Waals surface area contributed by atoms with Gasteiger partial charge in [0.05, 0.1) is 5.56 Å². The molecule has 0 aliphatic carbocycles. The normalized spacial score (nSPS) is 15.6. The molecule has 0 spiro atoms. The minimum absolute atomic E-state index is 0.00320. The predicted octanol–water partition coefficient (Wildman–Crippen LogP) is 4.70. The molecule has 0 unspecified atom stereocenters. The van der Waals surface area contributed by atoms with E-state index in [0.29, 0.717) is 12.1 Å². The average Bonchev–Trinajstić information content (AvgIpc) is 2.95. The van der Waals surface area contributed by atoms with Gasteiger partial charge in [-0.25, -0.2) is 0 Å². The summed E-state index contributed by atoms with van der Waals surface area (Å²) >= 11 is 0. The second-order valence-electron chi connectivity index (χ2n) is 9.33. The van der Waals surface area contributed by atoms with Crippen LogP contribution in [0.5, 0.6) is 11.5 Å². The Bertz CT molecular complexity index is 861. The Morgan fingerprint density at radius 1 is 0.933 bits per heavy atom. The fourth-order valence-electron chi connectivity index (χ4n) is 3.95. The van der Waals surface area contributed by atoms with Crippen LogP contribution in [-0.2, 0) is 18.5 Å². The summed E-state index contributed by atoms with van der Waals surface area (Å²) in [5.41, 5.74) is 2.77. The van der Waals surface area contributed by atoms with Crippen LogP contribution in [0.15, 0.2) is 36.4 Å². The van der Waals surface area contributed by atoms with Crippen molar-refractivity contribution in [1.29, 1.82) is 0 Å². The van der Waals surface area contributed by atoms with Gasteiger partial charge in [-0.3, -0.25) is 9.69 Å². The Kier molecular flexibility index (Phi) is 7.03. The van der Waals surface area contributed by atoms with E-state index in [1.54, 1.807) is 6.07 Å². The maximum absolute atomic E-state index is 12.6. The van der Waals surface area contributed by atoms with E-state index in [1.807, 2.05) is 32.9 Å². The Labute approximate surface area is 179 Å². The van der Waals surface area contributed by atoms with Gasteiger partial charge in [0.25, 0.3) is 5.91 Å². The third-order valence-electron chi connectivity index (χ3n) is 5.75. The molecule has 1 fully saturated rings. The van der Waals surface area contributed by atoms with Gasteiger partial charge in [0.15, 0.2) is 0 Å². The molecule has 0 aromatic heterocycles. The van der Waals surface area contributed by atoms with Crippen molar-refractivity contribution >= 4 is 5.91 Å². The summed E-state index contributed by atoms with van der Waals surface area (Å²) in [6, 6.07) is 11.2. The lowest BCUT2D eigenvalue weighted by molar-refractivity contribution is 0.0948. The summed E-state index contributed by atoms with van der Waals surface area (Å²) in [7, 11) is 0. The molecule has 0 atom stereocenters. The van der Waals surface area contributed by atoms with E-state index in [-0.39, 0.29) is 28.4 Å². The van der Waals surface area contributed by atoms with Crippen LogP contribution in [0.1, 0.15) is 73.5 Å². The second-order valence-corrected chi connectivity index (χ2v) is 9.33. The molecule has 0 bridgehead atoms. The van der Waals surface area contributed by atoms with Gasteiger partial charge in [-0.2, -0.15) is 0 Å². The van der Waals surface area contributed by atoms with E-state index in [0.717, 1.165) is 12.1 Å². The van der Waals surface area contributed by atoms with Gasteiger partial charge in [0.2, 0.25) is 0 Å².